The topological polar surface area (TPSA) is 64.6 Å². The summed E-state index contributed by atoms with van der Waals surface area (Å²) in [5, 5.41) is 2.70. The number of hydrogen-bond donors (Lipinski definition) is 1. The fourth-order valence-corrected chi connectivity index (χ4v) is 2.58. The number of esters is 1. The van der Waals surface area contributed by atoms with Gasteiger partial charge in [0.25, 0.3) is 5.91 Å². The minimum absolute atomic E-state index is 0.240. The first kappa shape index (κ1) is 19.0. The molecule has 0 fully saturated rings. The molecule has 0 atom stereocenters. The Morgan fingerprint density at radius 2 is 1.80 bits per heavy atom. The average Bonchev–Trinajstić information content (AvgIpc) is 2.61. The van der Waals surface area contributed by atoms with Crippen LogP contribution < -0.4 is 10.1 Å². The lowest BCUT2D eigenvalue weighted by Crippen LogP contribution is -2.24. The second-order valence-electron chi connectivity index (χ2n) is 5.45. The van der Waals surface area contributed by atoms with Crippen molar-refractivity contribution in [2.45, 2.75) is 20.3 Å². The molecule has 1 amide bonds. The molecule has 2 aromatic rings. The Morgan fingerprint density at radius 3 is 2.44 bits per heavy atom. The third-order valence-electron chi connectivity index (χ3n) is 3.52. The zero-order valence-corrected chi connectivity index (χ0v) is 15.8. The van der Waals surface area contributed by atoms with Crippen LogP contribution in [0.15, 0.2) is 46.9 Å². The molecule has 0 aromatic heterocycles. The fourth-order valence-electron chi connectivity index (χ4n) is 2.10. The van der Waals surface area contributed by atoms with Gasteiger partial charge >= 0.3 is 5.97 Å². The number of anilines is 1. The van der Waals surface area contributed by atoms with Crippen LogP contribution in [0.2, 0.25) is 0 Å². The molecule has 0 saturated heterocycles. The molecule has 0 unspecified atom stereocenters. The van der Waals surface area contributed by atoms with Crippen LogP contribution in [0, 0.1) is 6.92 Å². The quantitative estimate of drug-likeness (QED) is 0.709. The van der Waals surface area contributed by atoms with E-state index in [9.17, 15) is 9.59 Å². The summed E-state index contributed by atoms with van der Waals surface area (Å²) in [7, 11) is 0. The lowest BCUT2D eigenvalue weighted by molar-refractivity contribution is -0.149. The molecular formula is C19H20BrNO4. The Hall–Kier alpha value is -2.34. The molecular weight excluding hydrogens is 386 g/mol. The second kappa shape index (κ2) is 9.22. The van der Waals surface area contributed by atoms with Crippen molar-refractivity contribution >= 4 is 33.5 Å². The monoisotopic (exact) mass is 405 g/mol. The predicted octanol–water partition coefficient (Wildman–Crippen LogP) is 3.88. The maximum atomic E-state index is 11.9. The third-order valence-corrected chi connectivity index (χ3v) is 4.01. The summed E-state index contributed by atoms with van der Waals surface area (Å²) in [6.45, 7) is 3.35. The van der Waals surface area contributed by atoms with E-state index in [2.05, 4.69) is 28.2 Å². The Labute approximate surface area is 155 Å². The maximum absolute atomic E-state index is 11.9. The van der Waals surface area contributed by atoms with Gasteiger partial charge in [-0.2, -0.15) is 0 Å². The van der Waals surface area contributed by atoms with Crippen LogP contribution in [-0.2, 0) is 20.7 Å². The van der Waals surface area contributed by atoms with Gasteiger partial charge in [0.05, 0.1) is 0 Å². The van der Waals surface area contributed by atoms with Crippen LogP contribution in [-0.4, -0.2) is 25.1 Å². The van der Waals surface area contributed by atoms with Crippen molar-refractivity contribution in [1.82, 2.24) is 0 Å². The number of aryl methyl sites for hydroxylation is 2. The smallest absolute Gasteiger partial charge is 0.344 e. The summed E-state index contributed by atoms with van der Waals surface area (Å²) in [4.78, 5) is 23.5. The first-order chi connectivity index (χ1) is 12.0. The molecule has 0 heterocycles. The van der Waals surface area contributed by atoms with E-state index < -0.39 is 11.9 Å². The number of nitrogens with one attached hydrogen (secondary N) is 1. The Bertz CT molecular complexity index is 744. The van der Waals surface area contributed by atoms with Crippen LogP contribution in [0.25, 0.3) is 0 Å². The summed E-state index contributed by atoms with van der Waals surface area (Å²) in [6.07, 6.45) is 0.940. The molecule has 0 saturated carbocycles. The van der Waals surface area contributed by atoms with Crippen molar-refractivity contribution in [3.05, 3.63) is 58.1 Å². The number of benzene rings is 2. The van der Waals surface area contributed by atoms with E-state index in [1.165, 1.54) is 5.56 Å². The van der Waals surface area contributed by atoms with E-state index in [-0.39, 0.29) is 13.2 Å². The molecule has 0 aliphatic carbocycles. The van der Waals surface area contributed by atoms with E-state index in [4.69, 9.17) is 9.47 Å². The number of halogens is 1. The standard InChI is InChI=1S/C19H20BrNO4/c1-3-14-4-7-16(8-5-14)24-12-19(23)25-11-18(22)21-17-9-6-15(20)10-13(17)2/h4-10H,3,11-12H2,1-2H3,(H,21,22). The zero-order valence-electron chi connectivity index (χ0n) is 14.2. The largest absolute Gasteiger partial charge is 0.482 e. The zero-order chi connectivity index (χ0) is 18.2. The van der Waals surface area contributed by atoms with Crippen molar-refractivity contribution in [3.63, 3.8) is 0 Å². The molecule has 132 valence electrons. The van der Waals surface area contributed by atoms with Gasteiger partial charge in [0, 0.05) is 10.2 Å². The van der Waals surface area contributed by atoms with Crippen molar-refractivity contribution in [3.8, 4) is 5.75 Å². The van der Waals surface area contributed by atoms with Gasteiger partial charge in [-0.05, 0) is 54.8 Å². The molecule has 2 aromatic carbocycles. The highest BCUT2D eigenvalue weighted by Crippen LogP contribution is 2.19. The van der Waals surface area contributed by atoms with Gasteiger partial charge in [0.15, 0.2) is 13.2 Å². The maximum Gasteiger partial charge on any atom is 0.344 e. The van der Waals surface area contributed by atoms with Gasteiger partial charge < -0.3 is 14.8 Å². The highest BCUT2D eigenvalue weighted by atomic mass is 79.9. The predicted molar refractivity (Wildman–Crippen MR) is 99.8 cm³/mol. The highest BCUT2D eigenvalue weighted by Gasteiger charge is 2.10. The van der Waals surface area contributed by atoms with Gasteiger partial charge in [-0.1, -0.05) is 35.0 Å². The van der Waals surface area contributed by atoms with Crippen LogP contribution in [0.5, 0.6) is 5.75 Å². The molecule has 6 heteroatoms. The fraction of sp³-hybridized carbons (Fsp3) is 0.263. The number of amides is 1. The van der Waals surface area contributed by atoms with Gasteiger partial charge in [0.2, 0.25) is 0 Å². The molecule has 0 aliphatic rings. The SMILES string of the molecule is CCc1ccc(OCC(=O)OCC(=O)Nc2ccc(Br)cc2C)cc1. The minimum Gasteiger partial charge on any atom is -0.482 e. The molecule has 0 aliphatic heterocycles. The number of carbonyl (C=O) groups is 2. The normalized spacial score (nSPS) is 10.2. The van der Waals surface area contributed by atoms with Crippen LogP contribution in [0.4, 0.5) is 5.69 Å². The summed E-state index contributed by atoms with van der Waals surface area (Å²) in [6, 6.07) is 13.0. The average molecular weight is 406 g/mol. The Morgan fingerprint density at radius 1 is 1.08 bits per heavy atom. The molecule has 0 bridgehead atoms. The van der Waals surface area contributed by atoms with Crippen molar-refractivity contribution in [2.24, 2.45) is 0 Å². The lowest BCUT2D eigenvalue weighted by atomic mass is 10.2. The van der Waals surface area contributed by atoms with E-state index >= 15 is 0 Å². The number of carbonyl (C=O) groups excluding carboxylic acids is 2. The van der Waals surface area contributed by atoms with Gasteiger partial charge in [0.1, 0.15) is 5.75 Å². The van der Waals surface area contributed by atoms with E-state index in [0.717, 1.165) is 16.5 Å². The number of hydrogen-bond acceptors (Lipinski definition) is 4. The molecule has 1 N–H and O–H groups in total. The Balaban J connectivity index is 1.74. The number of rotatable bonds is 7. The highest BCUT2D eigenvalue weighted by molar-refractivity contribution is 9.10. The number of ether oxygens (including phenoxy) is 2. The summed E-state index contributed by atoms with van der Waals surface area (Å²) in [5.41, 5.74) is 2.78. The summed E-state index contributed by atoms with van der Waals surface area (Å²) >= 11 is 3.36. The van der Waals surface area contributed by atoms with Gasteiger partial charge in [-0.3, -0.25) is 4.79 Å². The summed E-state index contributed by atoms with van der Waals surface area (Å²) in [5.74, 6) is -0.405. The van der Waals surface area contributed by atoms with E-state index in [0.29, 0.717) is 11.4 Å². The van der Waals surface area contributed by atoms with Crippen LogP contribution >= 0.6 is 15.9 Å². The van der Waals surface area contributed by atoms with Crippen molar-refractivity contribution < 1.29 is 19.1 Å². The molecule has 2 rings (SSSR count). The lowest BCUT2D eigenvalue weighted by Gasteiger charge is -2.10. The minimum atomic E-state index is -0.595. The van der Waals surface area contributed by atoms with E-state index in [1.54, 1.807) is 18.2 Å². The second-order valence-corrected chi connectivity index (χ2v) is 6.37. The molecule has 25 heavy (non-hydrogen) atoms. The molecule has 0 radical (unpaired) electrons. The molecule has 0 spiro atoms. The van der Waals surface area contributed by atoms with Crippen LogP contribution in [0.3, 0.4) is 0 Å². The summed E-state index contributed by atoms with van der Waals surface area (Å²) < 4.78 is 11.2. The first-order valence-corrected chi connectivity index (χ1v) is 8.70. The van der Waals surface area contributed by atoms with Gasteiger partial charge in [-0.25, -0.2) is 4.79 Å². The van der Waals surface area contributed by atoms with Gasteiger partial charge in [-0.15, -0.1) is 0 Å². The van der Waals surface area contributed by atoms with Crippen molar-refractivity contribution in [2.75, 3.05) is 18.5 Å². The van der Waals surface area contributed by atoms with Crippen LogP contribution in [0.1, 0.15) is 18.1 Å². The Kier molecular flexibility index (Phi) is 7.01. The van der Waals surface area contributed by atoms with Crippen molar-refractivity contribution in [1.29, 1.82) is 0 Å². The molecule has 5 nitrogen and oxygen atoms in total. The van der Waals surface area contributed by atoms with E-state index in [1.807, 2.05) is 31.2 Å². The third kappa shape index (κ3) is 6.23. The first-order valence-electron chi connectivity index (χ1n) is 7.91.